The van der Waals surface area contributed by atoms with E-state index in [1.54, 1.807) is 0 Å². The second-order valence-electron chi connectivity index (χ2n) is 4.12. The summed E-state index contributed by atoms with van der Waals surface area (Å²) >= 11 is 0. The number of carbonyl (C=O) groups excluding carboxylic acids is 1. The Morgan fingerprint density at radius 1 is 1.29 bits per heavy atom. The van der Waals surface area contributed by atoms with E-state index in [1.165, 1.54) is 24.3 Å². The predicted octanol–water partition coefficient (Wildman–Crippen LogP) is -2.14. The fourth-order valence-corrected chi connectivity index (χ4v) is 1.95. The molecule has 0 aliphatic carbocycles. The zero-order chi connectivity index (χ0) is 17.0. The van der Waals surface area contributed by atoms with Crippen LogP contribution in [0, 0.1) is 10.1 Å². The Morgan fingerprint density at radius 3 is 2.58 bits per heavy atom. The molecule has 24 heavy (non-hydrogen) atoms. The first-order chi connectivity index (χ1) is 10.8. The van der Waals surface area contributed by atoms with Gasteiger partial charge in [0.25, 0.3) is 11.6 Å². The second-order valence-corrected chi connectivity index (χ2v) is 5.43. The molecule has 1 heterocycles. The van der Waals surface area contributed by atoms with Crippen molar-refractivity contribution in [1.29, 1.82) is 0 Å². The summed E-state index contributed by atoms with van der Waals surface area (Å²) in [5.74, 6) is -0.785. The van der Waals surface area contributed by atoms with E-state index < -0.39 is 26.0 Å². The van der Waals surface area contributed by atoms with Crippen LogP contribution in [0.4, 0.5) is 5.69 Å². The number of hydrogen-bond acceptors (Lipinski definition) is 8. The van der Waals surface area contributed by atoms with Gasteiger partial charge in [0.05, 0.1) is 11.1 Å². The van der Waals surface area contributed by atoms with E-state index >= 15 is 0 Å². The van der Waals surface area contributed by atoms with Crippen LogP contribution in [0.5, 0.6) is 0 Å². The third kappa shape index (κ3) is 5.25. The summed E-state index contributed by atoms with van der Waals surface area (Å²) in [4.78, 5) is 21.7. The maximum absolute atomic E-state index is 11.8. The molecule has 1 N–H and O–H groups in total. The van der Waals surface area contributed by atoms with Crippen molar-refractivity contribution in [2.24, 2.45) is 5.10 Å². The Bertz CT molecular complexity index is 892. The van der Waals surface area contributed by atoms with Crippen LogP contribution in [0.25, 0.3) is 0 Å². The molecule has 0 radical (unpaired) electrons. The van der Waals surface area contributed by atoms with Gasteiger partial charge in [-0.3, -0.25) is 14.9 Å². The molecule has 0 atom stereocenters. The minimum absolute atomic E-state index is 0. The molecule has 0 aliphatic heterocycles. The van der Waals surface area contributed by atoms with E-state index in [4.69, 9.17) is 4.42 Å². The van der Waals surface area contributed by atoms with Crippen LogP contribution >= 0.6 is 0 Å². The molecule has 0 bridgehead atoms. The van der Waals surface area contributed by atoms with E-state index in [1.807, 2.05) is 0 Å². The summed E-state index contributed by atoms with van der Waals surface area (Å²) in [5.41, 5.74) is 1.84. The third-order valence-corrected chi connectivity index (χ3v) is 3.24. The van der Waals surface area contributed by atoms with Crippen molar-refractivity contribution in [2.75, 3.05) is 0 Å². The van der Waals surface area contributed by atoms with Crippen LogP contribution in [-0.2, 0) is 10.1 Å². The molecule has 0 spiro atoms. The van der Waals surface area contributed by atoms with Gasteiger partial charge in [-0.1, -0.05) is 6.07 Å². The summed E-state index contributed by atoms with van der Waals surface area (Å²) in [6.07, 6.45) is 0.976. The first-order valence-electron chi connectivity index (χ1n) is 5.91. The number of hydrogen-bond donors (Lipinski definition) is 1. The van der Waals surface area contributed by atoms with E-state index in [-0.39, 0.29) is 46.6 Å². The number of nitro benzene ring substituents is 1. The van der Waals surface area contributed by atoms with Crippen molar-refractivity contribution < 1.29 is 56.7 Å². The second kappa shape index (κ2) is 8.17. The SMILES string of the molecule is O=C(N/N=C/c1ccc(S(=O)(=O)[O-])o1)c1cccc([N+](=O)[O-])c1.[Na+]. The van der Waals surface area contributed by atoms with Crippen LogP contribution in [0.3, 0.4) is 0 Å². The van der Waals surface area contributed by atoms with Gasteiger partial charge in [-0.05, 0) is 18.2 Å². The standard InChI is InChI=1S/C12H9N3O7S.Na/c16-12(8-2-1-3-9(6-8)15(17)18)14-13-7-10-4-5-11(22-10)23(19,20)21;/h1-7H,(H,14,16)(H,19,20,21);/q;+1/p-1/b13-7+;. The van der Waals surface area contributed by atoms with E-state index in [9.17, 15) is 27.9 Å². The van der Waals surface area contributed by atoms with Crippen molar-refractivity contribution in [1.82, 2.24) is 5.43 Å². The number of carbonyl (C=O) groups is 1. The average Bonchev–Trinajstić information content (AvgIpc) is 2.96. The Hall–Kier alpha value is -2.05. The molecule has 1 aromatic carbocycles. The number of non-ortho nitro benzene ring substituents is 1. The first-order valence-corrected chi connectivity index (χ1v) is 7.32. The fourth-order valence-electron chi connectivity index (χ4n) is 1.52. The van der Waals surface area contributed by atoms with Crippen LogP contribution in [0.1, 0.15) is 16.1 Å². The van der Waals surface area contributed by atoms with Crippen molar-refractivity contribution in [2.45, 2.75) is 5.09 Å². The number of rotatable bonds is 5. The van der Waals surface area contributed by atoms with Crippen molar-refractivity contribution in [3.8, 4) is 0 Å². The van der Waals surface area contributed by atoms with Gasteiger partial charge in [0, 0.05) is 17.7 Å². The molecule has 2 rings (SSSR count). The Kier molecular flexibility index (Phi) is 6.81. The van der Waals surface area contributed by atoms with Crippen molar-refractivity contribution in [3.63, 3.8) is 0 Å². The van der Waals surface area contributed by atoms with Gasteiger partial charge in [-0.15, -0.1) is 0 Å². The van der Waals surface area contributed by atoms with Crippen LogP contribution in [0.2, 0.25) is 0 Å². The van der Waals surface area contributed by atoms with Crippen LogP contribution in [0.15, 0.2) is 51.0 Å². The Balaban J connectivity index is 0.00000288. The number of furan rings is 1. The molecule has 120 valence electrons. The summed E-state index contributed by atoms with van der Waals surface area (Å²) < 4.78 is 36.7. The number of nitrogens with one attached hydrogen (secondary N) is 1. The topological polar surface area (TPSA) is 155 Å². The third-order valence-electron chi connectivity index (χ3n) is 2.53. The van der Waals surface area contributed by atoms with Crippen LogP contribution in [-0.4, -0.2) is 30.0 Å². The summed E-state index contributed by atoms with van der Waals surface area (Å²) in [5, 5.41) is 13.3. The Labute approximate surface area is 157 Å². The minimum atomic E-state index is -4.71. The summed E-state index contributed by atoms with van der Waals surface area (Å²) in [6, 6.07) is 7.12. The van der Waals surface area contributed by atoms with Gasteiger partial charge in [0.15, 0.2) is 10.1 Å². The smallest absolute Gasteiger partial charge is 0.742 e. The minimum Gasteiger partial charge on any atom is -0.742 e. The fraction of sp³-hybridized carbons (Fsp3) is 0. The largest absolute Gasteiger partial charge is 1.00 e. The Morgan fingerprint density at radius 2 is 2.00 bits per heavy atom. The quantitative estimate of drug-likeness (QED) is 0.209. The molecule has 1 aromatic heterocycles. The number of hydrazone groups is 1. The maximum Gasteiger partial charge on any atom is 1.00 e. The van der Waals surface area contributed by atoms with Gasteiger partial charge >= 0.3 is 29.6 Å². The van der Waals surface area contributed by atoms with Crippen LogP contribution < -0.4 is 35.0 Å². The predicted molar refractivity (Wildman–Crippen MR) is 74.8 cm³/mol. The number of benzene rings is 1. The number of nitro groups is 1. The molecular weight excluding hydrogens is 353 g/mol. The summed E-state index contributed by atoms with van der Waals surface area (Å²) in [7, 11) is -4.71. The molecule has 0 saturated heterocycles. The molecule has 0 fully saturated rings. The zero-order valence-corrected chi connectivity index (χ0v) is 15.0. The van der Waals surface area contributed by atoms with Crippen molar-refractivity contribution in [3.05, 3.63) is 57.8 Å². The average molecular weight is 361 g/mol. The number of amides is 1. The normalized spacial score (nSPS) is 11.0. The van der Waals surface area contributed by atoms with Gasteiger partial charge in [-0.2, -0.15) is 5.10 Å². The molecule has 0 unspecified atom stereocenters. The first kappa shape index (κ1) is 20.0. The summed E-state index contributed by atoms with van der Waals surface area (Å²) in [6.45, 7) is 0. The van der Waals surface area contributed by atoms with Gasteiger partial charge in [-0.25, -0.2) is 13.8 Å². The van der Waals surface area contributed by atoms with Gasteiger partial charge in [0.2, 0.25) is 5.09 Å². The molecular formula is C12H8N3NaO7S. The number of nitrogens with zero attached hydrogens (tertiary/aromatic N) is 2. The molecule has 10 nitrogen and oxygen atoms in total. The van der Waals surface area contributed by atoms with Gasteiger partial charge < -0.3 is 8.97 Å². The van der Waals surface area contributed by atoms with E-state index in [0.717, 1.165) is 18.3 Å². The monoisotopic (exact) mass is 361 g/mol. The molecule has 0 aliphatic rings. The van der Waals surface area contributed by atoms with E-state index in [0.29, 0.717) is 0 Å². The van der Waals surface area contributed by atoms with Crippen molar-refractivity contribution >= 4 is 27.9 Å². The molecule has 2 aromatic rings. The zero-order valence-electron chi connectivity index (χ0n) is 12.2. The maximum atomic E-state index is 11.8. The van der Waals surface area contributed by atoms with E-state index in [2.05, 4.69) is 10.5 Å². The van der Waals surface area contributed by atoms with Gasteiger partial charge in [0.1, 0.15) is 5.76 Å². The molecule has 1 amide bonds. The molecule has 12 heteroatoms. The molecule has 0 saturated carbocycles.